The number of carbonyl (C=O) groups excluding carboxylic acids is 1. The van der Waals surface area contributed by atoms with Gasteiger partial charge in [-0.3, -0.25) is 9.69 Å². The lowest BCUT2D eigenvalue weighted by Gasteiger charge is -2.31. The van der Waals surface area contributed by atoms with Crippen LogP contribution in [0, 0.1) is 0 Å². The van der Waals surface area contributed by atoms with E-state index in [-0.39, 0.29) is 11.9 Å². The number of piperidine rings is 1. The normalized spacial score (nSPS) is 18.0. The molecule has 8 nitrogen and oxygen atoms in total. The van der Waals surface area contributed by atoms with E-state index in [1.54, 1.807) is 4.90 Å². The number of aromatic nitrogens is 4. The highest BCUT2D eigenvalue weighted by atomic mass is 16.5. The zero-order valence-electron chi connectivity index (χ0n) is 20.3. The zero-order chi connectivity index (χ0) is 23.8. The Balaban J connectivity index is 1.11. The maximum Gasteiger partial charge on any atom is 0.276 e. The van der Waals surface area contributed by atoms with E-state index in [4.69, 9.17) is 4.74 Å². The molecule has 0 unspecified atom stereocenters. The Kier molecular flexibility index (Phi) is 6.00. The molecule has 4 heterocycles. The summed E-state index contributed by atoms with van der Waals surface area (Å²) in [6.45, 7) is 8.56. The summed E-state index contributed by atoms with van der Waals surface area (Å²) in [5.41, 5.74) is 4.41. The van der Waals surface area contributed by atoms with Crippen molar-refractivity contribution in [2.24, 2.45) is 0 Å². The molecule has 0 N–H and O–H groups in total. The van der Waals surface area contributed by atoms with E-state index in [1.165, 1.54) is 27.4 Å². The van der Waals surface area contributed by atoms with E-state index in [0.29, 0.717) is 32.0 Å². The maximum atomic E-state index is 12.7. The number of morpholine rings is 1. The van der Waals surface area contributed by atoms with Crippen molar-refractivity contribution in [2.45, 2.75) is 38.9 Å². The second kappa shape index (κ2) is 9.43. The number of carbonyl (C=O) groups is 1. The number of fused-ring (bicyclic) bond motifs is 3. The molecule has 2 saturated heterocycles. The van der Waals surface area contributed by atoms with Crippen molar-refractivity contribution in [3.63, 3.8) is 0 Å². The van der Waals surface area contributed by atoms with E-state index in [0.717, 1.165) is 39.0 Å². The van der Waals surface area contributed by atoms with Gasteiger partial charge in [-0.1, -0.05) is 29.5 Å². The number of hydrogen-bond acceptors (Lipinski definition) is 5. The number of ether oxygens (including phenoxy) is 1. The highest BCUT2D eigenvalue weighted by Gasteiger charge is 2.25. The van der Waals surface area contributed by atoms with E-state index >= 15 is 0 Å². The molecule has 1 amide bonds. The predicted octanol–water partition coefficient (Wildman–Crippen LogP) is 3.72. The van der Waals surface area contributed by atoms with Gasteiger partial charge in [0.15, 0.2) is 5.69 Å². The summed E-state index contributed by atoms with van der Waals surface area (Å²) >= 11 is 0. The second-order valence-corrected chi connectivity index (χ2v) is 9.61. The summed E-state index contributed by atoms with van der Waals surface area (Å²) in [4.78, 5) is 17.0. The molecule has 0 aliphatic carbocycles. The standard InChI is InChI=1S/C27H32N6O2/c1-2-32-25-6-4-3-5-22(25)23-17-20(7-8-26(23)32)18-30-11-9-21(10-12-30)33-19-24(28-29-33)27(34)31-13-15-35-16-14-31/h3-8,17,19,21H,2,9-16,18H2,1H3. The van der Waals surface area contributed by atoms with Crippen LogP contribution in [0.2, 0.25) is 0 Å². The lowest BCUT2D eigenvalue weighted by atomic mass is 10.0. The van der Waals surface area contributed by atoms with Gasteiger partial charge in [0.1, 0.15) is 0 Å². The third kappa shape index (κ3) is 4.21. The lowest BCUT2D eigenvalue weighted by Crippen LogP contribution is -2.40. The topological polar surface area (TPSA) is 68.4 Å². The maximum absolute atomic E-state index is 12.7. The van der Waals surface area contributed by atoms with Crippen LogP contribution in [-0.2, 0) is 17.8 Å². The SMILES string of the molecule is CCn1c2ccccc2c2cc(CN3CCC(n4cc(C(=O)N5CCOCC5)nn4)CC3)ccc21. The highest BCUT2D eigenvalue weighted by molar-refractivity contribution is 6.08. The molecular weight excluding hydrogens is 440 g/mol. The van der Waals surface area contributed by atoms with Crippen molar-refractivity contribution >= 4 is 27.7 Å². The molecule has 2 fully saturated rings. The molecule has 0 spiro atoms. The minimum absolute atomic E-state index is 0.0446. The van der Waals surface area contributed by atoms with Gasteiger partial charge in [0.2, 0.25) is 0 Å². The Morgan fingerprint density at radius 3 is 2.57 bits per heavy atom. The predicted molar refractivity (Wildman–Crippen MR) is 135 cm³/mol. The minimum atomic E-state index is -0.0446. The van der Waals surface area contributed by atoms with Crippen LogP contribution in [0.1, 0.15) is 41.9 Å². The van der Waals surface area contributed by atoms with Crippen LogP contribution in [0.15, 0.2) is 48.7 Å². The van der Waals surface area contributed by atoms with Gasteiger partial charge < -0.3 is 14.2 Å². The molecular formula is C27H32N6O2. The van der Waals surface area contributed by atoms with Crippen molar-refractivity contribution in [1.82, 2.24) is 29.4 Å². The van der Waals surface area contributed by atoms with Crippen LogP contribution in [-0.4, -0.2) is 74.7 Å². The monoisotopic (exact) mass is 472 g/mol. The molecule has 0 atom stereocenters. The molecule has 4 aromatic rings. The lowest BCUT2D eigenvalue weighted by molar-refractivity contribution is 0.0299. The van der Waals surface area contributed by atoms with Crippen LogP contribution in [0.4, 0.5) is 0 Å². The summed E-state index contributed by atoms with van der Waals surface area (Å²) in [6.07, 6.45) is 3.84. The first kappa shape index (κ1) is 22.2. The molecule has 6 rings (SSSR count). The molecule has 35 heavy (non-hydrogen) atoms. The van der Waals surface area contributed by atoms with Crippen molar-refractivity contribution in [1.29, 1.82) is 0 Å². The first-order valence-corrected chi connectivity index (χ1v) is 12.7. The van der Waals surface area contributed by atoms with Gasteiger partial charge >= 0.3 is 0 Å². The summed E-state index contributed by atoms with van der Waals surface area (Å²) in [5.74, 6) is -0.0446. The molecule has 2 aromatic carbocycles. The number of rotatable bonds is 5. The number of nitrogens with zero attached hydrogens (tertiary/aromatic N) is 6. The van der Waals surface area contributed by atoms with Gasteiger partial charge in [-0.25, -0.2) is 4.68 Å². The van der Waals surface area contributed by atoms with Gasteiger partial charge in [0.05, 0.1) is 25.5 Å². The molecule has 182 valence electrons. The quantitative estimate of drug-likeness (QED) is 0.443. The Morgan fingerprint density at radius 1 is 1.00 bits per heavy atom. The number of aryl methyl sites for hydroxylation is 1. The Bertz CT molecular complexity index is 1340. The molecule has 0 bridgehead atoms. The third-order valence-electron chi connectivity index (χ3n) is 7.52. The van der Waals surface area contributed by atoms with Crippen molar-refractivity contribution < 1.29 is 9.53 Å². The second-order valence-electron chi connectivity index (χ2n) is 9.61. The van der Waals surface area contributed by atoms with Gasteiger partial charge in [-0.05, 0) is 43.5 Å². The van der Waals surface area contributed by atoms with Gasteiger partial charge in [0, 0.05) is 61.1 Å². The first-order chi connectivity index (χ1) is 17.2. The van der Waals surface area contributed by atoms with Crippen LogP contribution < -0.4 is 0 Å². The van der Waals surface area contributed by atoms with Crippen LogP contribution in [0.5, 0.6) is 0 Å². The Morgan fingerprint density at radius 2 is 1.77 bits per heavy atom. The highest BCUT2D eigenvalue weighted by Crippen LogP contribution is 2.30. The summed E-state index contributed by atoms with van der Waals surface area (Å²) in [6, 6.07) is 15.9. The number of amides is 1. The van der Waals surface area contributed by atoms with Crippen molar-refractivity contribution in [3.05, 3.63) is 59.9 Å². The molecule has 2 aromatic heterocycles. The van der Waals surface area contributed by atoms with Crippen molar-refractivity contribution in [3.8, 4) is 0 Å². The summed E-state index contributed by atoms with van der Waals surface area (Å²) in [7, 11) is 0. The van der Waals surface area contributed by atoms with Crippen LogP contribution in [0.3, 0.4) is 0 Å². The minimum Gasteiger partial charge on any atom is -0.378 e. The van der Waals surface area contributed by atoms with E-state index in [1.807, 2.05) is 10.9 Å². The third-order valence-corrected chi connectivity index (χ3v) is 7.52. The fourth-order valence-electron chi connectivity index (χ4n) is 5.62. The smallest absolute Gasteiger partial charge is 0.276 e. The van der Waals surface area contributed by atoms with E-state index in [2.05, 4.69) is 69.2 Å². The Labute approximate surface area is 205 Å². The molecule has 8 heteroatoms. The fourth-order valence-corrected chi connectivity index (χ4v) is 5.62. The van der Waals surface area contributed by atoms with Crippen molar-refractivity contribution in [2.75, 3.05) is 39.4 Å². The molecule has 0 radical (unpaired) electrons. The van der Waals surface area contributed by atoms with E-state index in [9.17, 15) is 4.79 Å². The summed E-state index contributed by atoms with van der Waals surface area (Å²) < 4.78 is 9.64. The summed E-state index contributed by atoms with van der Waals surface area (Å²) in [5, 5.41) is 11.2. The molecule has 0 saturated carbocycles. The van der Waals surface area contributed by atoms with Crippen LogP contribution >= 0.6 is 0 Å². The fraction of sp³-hybridized carbons (Fsp3) is 0.444. The number of para-hydroxylation sites is 1. The van der Waals surface area contributed by atoms with E-state index < -0.39 is 0 Å². The van der Waals surface area contributed by atoms with Gasteiger partial charge in [-0.2, -0.15) is 0 Å². The van der Waals surface area contributed by atoms with Gasteiger partial charge in [-0.15, -0.1) is 5.10 Å². The average Bonchev–Trinajstić information content (AvgIpc) is 3.52. The Hall–Kier alpha value is -3.23. The number of likely N-dealkylation sites (tertiary alicyclic amines) is 1. The average molecular weight is 473 g/mol. The van der Waals surface area contributed by atoms with Gasteiger partial charge in [0.25, 0.3) is 5.91 Å². The first-order valence-electron chi connectivity index (χ1n) is 12.7. The number of hydrogen-bond donors (Lipinski definition) is 0. The zero-order valence-corrected chi connectivity index (χ0v) is 20.3. The molecule has 2 aliphatic heterocycles. The largest absolute Gasteiger partial charge is 0.378 e. The molecule has 2 aliphatic rings. The van der Waals surface area contributed by atoms with Crippen LogP contribution in [0.25, 0.3) is 21.8 Å². The number of benzene rings is 2.